The summed E-state index contributed by atoms with van der Waals surface area (Å²) in [5.74, 6) is -1.84. The van der Waals surface area contributed by atoms with Crippen molar-refractivity contribution in [3.05, 3.63) is 0 Å². The van der Waals surface area contributed by atoms with Crippen molar-refractivity contribution in [3.63, 3.8) is 0 Å². The molecule has 0 aliphatic rings. The molecule has 12 heavy (non-hydrogen) atoms. The Hall–Kier alpha value is -0.580. The van der Waals surface area contributed by atoms with Crippen molar-refractivity contribution < 1.29 is 18.0 Å². The van der Waals surface area contributed by atoms with Gasteiger partial charge in [-0.15, -0.1) is 0 Å². The van der Waals surface area contributed by atoms with Crippen molar-refractivity contribution in [1.82, 2.24) is 0 Å². The molecule has 0 fully saturated rings. The number of carbonyl (C=O) groups is 1. The van der Waals surface area contributed by atoms with Gasteiger partial charge in [0, 0.05) is 0 Å². The number of halogens is 3. The number of alkyl halides is 3. The van der Waals surface area contributed by atoms with Crippen LogP contribution in [-0.2, 0) is 4.79 Å². The molecule has 2 N–H and O–H groups in total. The molecular formula is C7H12F3NO. The third kappa shape index (κ3) is 3.71. The lowest BCUT2D eigenvalue weighted by Crippen LogP contribution is -2.41. The summed E-state index contributed by atoms with van der Waals surface area (Å²) in [5, 5.41) is 0. The number of nitrogens with two attached hydrogens (primary N) is 1. The molecule has 0 saturated carbocycles. The van der Waals surface area contributed by atoms with Gasteiger partial charge < -0.3 is 5.73 Å². The number of Topliss-reactive ketones (excluding diaryl/α,β-unsaturated/α-hetero) is 1. The van der Waals surface area contributed by atoms with Gasteiger partial charge >= 0.3 is 6.18 Å². The molecule has 5 heteroatoms. The van der Waals surface area contributed by atoms with Gasteiger partial charge in [-0.3, -0.25) is 4.79 Å². The van der Waals surface area contributed by atoms with Gasteiger partial charge in [-0.25, -0.2) is 0 Å². The van der Waals surface area contributed by atoms with E-state index in [1.54, 1.807) is 13.8 Å². The van der Waals surface area contributed by atoms with Gasteiger partial charge in [0.1, 0.15) is 0 Å². The summed E-state index contributed by atoms with van der Waals surface area (Å²) < 4.78 is 35.2. The van der Waals surface area contributed by atoms with Crippen LogP contribution in [0.2, 0.25) is 0 Å². The van der Waals surface area contributed by atoms with E-state index >= 15 is 0 Å². The topological polar surface area (TPSA) is 43.1 Å². The first kappa shape index (κ1) is 11.4. The van der Waals surface area contributed by atoms with E-state index in [1.165, 1.54) is 0 Å². The highest BCUT2D eigenvalue weighted by Crippen LogP contribution is 2.19. The molecule has 0 heterocycles. The van der Waals surface area contributed by atoms with Crippen LogP contribution in [0.25, 0.3) is 0 Å². The van der Waals surface area contributed by atoms with Crippen molar-refractivity contribution in [2.24, 2.45) is 11.7 Å². The predicted octanol–water partition coefficient (Wildman–Crippen LogP) is 1.49. The van der Waals surface area contributed by atoms with E-state index in [0.717, 1.165) is 0 Å². The van der Waals surface area contributed by atoms with Crippen LogP contribution in [0.1, 0.15) is 20.3 Å². The Labute approximate surface area is 68.9 Å². The van der Waals surface area contributed by atoms with E-state index in [9.17, 15) is 18.0 Å². The molecule has 0 saturated heterocycles. The molecule has 72 valence electrons. The maximum Gasteiger partial charge on any atom is 0.451 e. The van der Waals surface area contributed by atoms with Crippen molar-refractivity contribution in [1.29, 1.82) is 0 Å². The fourth-order valence-corrected chi connectivity index (χ4v) is 0.825. The molecule has 0 aromatic carbocycles. The van der Waals surface area contributed by atoms with Crippen LogP contribution < -0.4 is 5.73 Å². The molecule has 0 aliphatic heterocycles. The highest BCUT2D eigenvalue weighted by atomic mass is 19.4. The largest absolute Gasteiger partial charge is 0.451 e. The molecular weight excluding hydrogens is 171 g/mol. The second kappa shape index (κ2) is 3.89. The monoisotopic (exact) mass is 183 g/mol. The molecule has 0 aliphatic carbocycles. The average Bonchev–Trinajstić information content (AvgIpc) is 1.82. The van der Waals surface area contributed by atoms with Crippen molar-refractivity contribution in [3.8, 4) is 0 Å². The summed E-state index contributed by atoms with van der Waals surface area (Å²) in [5.41, 5.74) is 5.03. The molecule has 0 bridgehead atoms. The van der Waals surface area contributed by atoms with Gasteiger partial charge in [-0.1, -0.05) is 13.8 Å². The first-order chi connectivity index (χ1) is 5.25. The van der Waals surface area contributed by atoms with E-state index in [0.29, 0.717) is 0 Å². The van der Waals surface area contributed by atoms with E-state index < -0.39 is 18.0 Å². The van der Waals surface area contributed by atoms with Crippen LogP contribution in [0, 0.1) is 5.92 Å². The Balaban J connectivity index is 4.12. The molecule has 1 atom stereocenters. The normalized spacial score (nSPS) is 14.9. The number of hydrogen-bond acceptors (Lipinski definition) is 2. The van der Waals surface area contributed by atoms with E-state index in [2.05, 4.69) is 0 Å². The molecule has 0 rings (SSSR count). The summed E-state index contributed by atoms with van der Waals surface area (Å²) in [6, 6.07) is -1.41. The van der Waals surface area contributed by atoms with E-state index in [4.69, 9.17) is 5.73 Å². The predicted molar refractivity (Wildman–Crippen MR) is 38.5 cm³/mol. The second-order valence-electron chi connectivity index (χ2n) is 3.10. The minimum atomic E-state index is -4.80. The fourth-order valence-electron chi connectivity index (χ4n) is 0.825. The first-order valence-corrected chi connectivity index (χ1v) is 3.61. The minimum Gasteiger partial charge on any atom is -0.321 e. The number of hydrogen-bond donors (Lipinski definition) is 1. The smallest absolute Gasteiger partial charge is 0.321 e. The van der Waals surface area contributed by atoms with Crippen LogP contribution in [0.4, 0.5) is 13.2 Å². The maximum atomic E-state index is 11.7. The zero-order valence-corrected chi connectivity index (χ0v) is 6.98. The molecule has 0 radical (unpaired) electrons. The molecule has 0 aromatic heterocycles. The van der Waals surface area contributed by atoms with Crippen LogP contribution in [0.5, 0.6) is 0 Å². The number of rotatable bonds is 3. The summed E-state index contributed by atoms with van der Waals surface area (Å²) in [6.45, 7) is 3.42. The van der Waals surface area contributed by atoms with Gasteiger partial charge in [-0.05, 0) is 12.3 Å². The first-order valence-electron chi connectivity index (χ1n) is 3.61. The van der Waals surface area contributed by atoms with Gasteiger partial charge in [-0.2, -0.15) is 13.2 Å². The van der Waals surface area contributed by atoms with Crippen molar-refractivity contribution in [2.45, 2.75) is 32.5 Å². The SMILES string of the molecule is CC(C)C[C@H](N)C(=O)C(F)(F)F. The third-order valence-electron chi connectivity index (χ3n) is 1.34. The van der Waals surface area contributed by atoms with E-state index in [1.807, 2.05) is 0 Å². The Morgan fingerprint density at radius 1 is 1.42 bits per heavy atom. The van der Waals surface area contributed by atoms with Gasteiger partial charge in [0.05, 0.1) is 6.04 Å². The van der Waals surface area contributed by atoms with Gasteiger partial charge in [0.25, 0.3) is 5.78 Å². The van der Waals surface area contributed by atoms with Crippen LogP contribution in [0.15, 0.2) is 0 Å². The molecule has 0 aromatic rings. The molecule has 0 unspecified atom stereocenters. The molecule has 0 amide bonds. The zero-order chi connectivity index (χ0) is 9.94. The standard InChI is InChI=1S/C7H12F3NO/c1-4(2)3-5(11)6(12)7(8,9)10/h4-5H,3,11H2,1-2H3/t5-/m0/s1. The Morgan fingerprint density at radius 2 is 1.83 bits per heavy atom. The molecule has 0 spiro atoms. The zero-order valence-electron chi connectivity index (χ0n) is 6.98. The minimum absolute atomic E-state index is 0.00806. The highest BCUT2D eigenvalue weighted by molar-refractivity contribution is 5.88. The van der Waals surface area contributed by atoms with Gasteiger partial charge in [0.15, 0.2) is 0 Å². The van der Waals surface area contributed by atoms with Crippen LogP contribution >= 0.6 is 0 Å². The summed E-state index contributed by atoms with van der Waals surface area (Å²) in [6.07, 6.45) is -4.73. The Kier molecular flexibility index (Phi) is 3.70. The Morgan fingerprint density at radius 3 is 2.08 bits per heavy atom. The summed E-state index contributed by atoms with van der Waals surface area (Å²) in [4.78, 5) is 10.5. The second-order valence-corrected chi connectivity index (χ2v) is 3.10. The number of carbonyl (C=O) groups excluding carboxylic acids is 1. The highest BCUT2D eigenvalue weighted by Gasteiger charge is 2.41. The maximum absolute atomic E-state index is 11.7. The summed E-state index contributed by atoms with van der Waals surface area (Å²) in [7, 11) is 0. The van der Waals surface area contributed by atoms with Crippen molar-refractivity contribution >= 4 is 5.78 Å². The van der Waals surface area contributed by atoms with Gasteiger partial charge in [0.2, 0.25) is 0 Å². The third-order valence-corrected chi connectivity index (χ3v) is 1.34. The lowest BCUT2D eigenvalue weighted by molar-refractivity contribution is -0.172. The van der Waals surface area contributed by atoms with Crippen LogP contribution in [-0.4, -0.2) is 18.0 Å². The molecule has 2 nitrogen and oxygen atoms in total. The van der Waals surface area contributed by atoms with E-state index in [-0.39, 0.29) is 12.3 Å². The quantitative estimate of drug-likeness (QED) is 0.720. The van der Waals surface area contributed by atoms with Crippen LogP contribution in [0.3, 0.4) is 0 Å². The lowest BCUT2D eigenvalue weighted by atomic mass is 10.0. The lowest BCUT2D eigenvalue weighted by Gasteiger charge is -2.14. The van der Waals surface area contributed by atoms with Crippen molar-refractivity contribution in [2.75, 3.05) is 0 Å². The Bertz CT molecular complexity index is 165. The number of ketones is 1. The fraction of sp³-hybridized carbons (Fsp3) is 0.857. The summed E-state index contributed by atoms with van der Waals surface area (Å²) >= 11 is 0. The average molecular weight is 183 g/mol.